The van der Waals surface area contributed by atoms with Crippen LogP contribution in [-0.4, -0.2) is 29.1 Å². The molecular formula is C16H19NO2S. The normalized spacial score (nSPS) is 17.1. The predicted molar refractivity (Wildman–Crippen MR) is 82.5 cm³/mol. The Morgan fingerprint density at radius 2 is 2.00 bits per heavy atom. The number of hydrogen-bond donors (Lipinski definition) is 2. The molecule has 0 aliphatic carbocycles. The summed E-state index contributed by atoms with van der Waals surface area (Å²) >= 11 is 1.22. The molecule has 1 aromatic carbocycles. The third-order valence-corrected chi connectivity index (χ3v) is 4.13. The molecule has 3 nitrogen and oxygen atoms in total. The van der Waals surface area contributed by atoms with Gasteiger partial charge in [0.05, 0.1) is 11.4 Å². The Morgan fingerprint density at radius 3 is 2.60 bits per heavy atom. The Kier molecular flexibility index (Phi) is 5.24. The number of hydrogen-bond acceptors (Lipinski definition) is 4. The van der Waals surface area contributed by atoms with Gasteiger partial charge < -0.3 is 10.4 Å². The number of carbonyl (C=O) groups is 1. The molecule has 2 N–H and O–H groups in total. The summed E-state index contributed by atoms with van der Waals surface area (Å²) in [5, 5.41) is 13.9. The molecule has 0 bridgehead atoms. The SMILES string of the molecule is CC(=O)SCC#Cc1ccc(C2(O)CCNCC2)cc1. The highest BCUT2D eigenvalue weighted by atomic mass is 32.2. The fourth-order valence-electron chi connectivity index (χ4n) is 2.27. The van der Waals surface area contributed by atoms with E-state index in [2.05, 4.69) is 17.2 Å². The minimum absolute atomic E-state index is 0.0859. The highest BCUT2D eigenvalue weighted by Crippen LogP contribution is 2.30. The molecule has 1 fully saturated rings. The van der Waals surface area contributed by atoms with E-state index in [-0.39, 0.29) is 5.12 Å². The second-order valence-corrected chi connectivity index (χ2v) is 6.09. The first kappa shape index (κ1) is 15.1. The van der Waals surface area contributed by atoms with Crippen LogP contribution in [0.15, 0.2) is 24.3 Å². The van der Waals surface area contributed by atoms with E-state index in [1.54, 1.807) is 6.92 Å². The zero-order valence-corrected chi connectivity index (χ0v) is 12.4. The van der Waals surface area contributed by atoms with Crippen LogP contribution in [0.4, 0.5) is 0 Å². The molecule has 1 aromatic rings. The molecule has 0 atom stereocenters. The van der Waals surface area contributed by atoms with Gasteiger partial charge in [-0.25, -0.2) is 0 Å². The number of nitrogens with one attached hydrogen (secondary N) is 1. The number of benzene rings is 1. The Labute approximate surface area is 124 Å². The van der Waals surface area contributed by atoms with Crippen molar-refractivity contribution in [1.29, 1.82) is 0 Å². The number of rotatable bonds is 2. The van der Waals surface area contributed by atoms with Crippen LogP contribution in [0.2, 0.25) is 0 Å². The molecule has 1 saturated heterocycles. The fourth-order valence-corrected chi connectivity index (χ4v) is 2.62. The maximum absolute atomic E-state index is 10.8. The summed E-state index contributed by atoms with van der Waals surface area (Å²) < 4.78 is 0. The minimum Gasteiger partial charge on any atom is -0.385 e. The lowest BCUT2D eigenvalue weighted by Gasteiger charge is -2.33. The third kappa shape index (κ3) is 4.11. The van der Waals surface area contributed by atoms with Gasteiger partial charge in [-0.2, -0.15) is 0 Å². The standard InChI is InChI=1S/C16H19NO2S/c1-13(18)20-12-2-3-14-4-6-15(7-5-14)16(19)8-10-17-11-9-16/h4-7,17,19H,8-12H2,1H3. The van der Waals surface area contributed by atoms with Crippen molar-refractivity contribution in [2.45, 2.75) is 25.4 Å². The molecule has 0 spiro atoms. The van der Waals surface area contributed by atoms with Gasteiger partial charge in [0.1, 0.15) is 0 Å². The van der Waals surface area contributed by atoms with Crippen molar-refractivity contribution in [3.05, 3.63) is 35.4 Å². The average molecular weight is 289 g/mol. The maximum Gasteiger partial charge on any atom is 0.186 e. The molecule has 4 heteroatoms. The van der Waals surface area contributed by atoms with Crippen molar-refractivity contribution in [2.75, 3.05) is 18.8 Å². The molecule has 0 aromatic heterocycles. The van der Waals surface area contributed by atoms with Gasteiger partial charge in [-0.05, 0) is 43.6 Å². The maximum atomic E-state index is 10.8. The number of aliphatic hydroxyl groups is 1. The first-order valence-corrected chi connectivity index (χ1v) is 7.75. The Morgan fingerprint density at radius 1 is 1.35 bits per heavy atom. The molecule has 0 saturated carbocycles. The molecule has 0 amide bonds. The zero-order chi connectivity index (χ0) is 14.4. The number of piperidine rings is 1. The van der Waals surface area contributed by atoms with Crippen molar-refractivity contribution >= 4 is 16.9 Å². The van der Waals surface area contributed by atoms with Gasteiger partial charge in [0, 0.05) is 12.5 Å². The van der Waals surface area contributed by atoms with Crippen molar-refractivity contribution < 1.29 is 9.90 Å². The van der Waals surface area contributed by atoms with E-state index in [4.69, 9.17) is 0 Å². The van der Waals surface area contributed by atoms with Crippen LogP contribution in [-0.2, 0) is 10.4 Å². The van der Waals surface area contributed by atoms with Crippen molar-refractivity contribution in [3.63, 3.8) is 0 Å². The highest BCUT2D eigenvalue weighted by Gasteiger charge is 2.30. The number of thioether (sulfide) groups is 1. The third-order valence-electron chi connectivity index (χ3n) is 3.43. The molecule has 1 aliphatic heterocycles. The largest absolute Gasteiger partial charge is 0.385 e. The molecular weight excluding hydrogens is 270 g/mol. The fraction of sp³-hybridized carbons (Fsp3) is 0.438. The van der Waals surface area contributed by atoms with E-state index in [0.29, 0.717) is 5.75 Å². The Balaban J connectivity index is 2.00. The Bertz CT molecular complexity index is 522. The monoisotopic (exact) mass is 289 g/mol. The van der Waals surface area contributed by atoms with Crippen LogP contribution < -0.4 is 5.32 Å². The molecule has 0 unspecified atom stereocenters. The average Bonchev–Trinajstić information content (AvgIpc) is 2.45. The molecule has 20 heavy (non-hydrogen) atoms. The van der Waals surface area contributed by atoms with E-state index in [0.717, 1.165) is 37.1 Å². The van der Waals surface area contributed by atoms with Gasteiger partial charge >= 0.3 is 0 Å². The molecule has 0 radical (unpaired) electrons. The predicted octanol–water partition coefficient (Wildman–Crippen LogP) is 1.89. The minimum atomic E-state index is -0.707. The summed E-state index contributed by atoms with van der Waals surface area (Å²) in [5.74, 6) is 6.51. The van der Waals surface area contributed by atoms with Crippen LogP contribution in [0.3, 0.4) is 0 Å². The molecule has 2 rings (SSSR count). The lowest BCUT2D eigenvalue weighted by Crippen LogP contribution is -2.39. The smallest absolute Gasteiger partial charge is 0.186 e. The second kappa shape index (κ2) is 6.94. The molecule has 106 valence electrons. The van der Waals surface area contributed by atoms with Crippen LogP contribution in [0, 0.1) is 11.8 Å². The topological polar surface area (TPSA) is 49.3 Å². The summed E-state index contributed by atoms with van der Waals surface area (Å²) in [6.07, 6.45) is 1.49. The van der Waals surface area contributed by atoms with Crippen molar-refractivity contribution in [3.8, 4) is 11.8 Å². The molecule has 1 aliphatic rings. The first-order chi connectivity index (χ1) is 9.60. The summed E-state index contributed by atoms with van der Waals surface area (Å²) in [5.41, 5.74) is 1.17. The summed E-state index contributed by atoms with van der Waals surface area (Å²) in [6.45, 7) is 3.24. The van der Waals surface area contributed by atoms with Gasteiger partial charge in [-0.15, -0.1) is 0 Å². The summed E-state index contributed by atoms with van der Waals surface area (Å²) in [7, 11) is 0. The van der Waals surface area contributed by atoms with E-state index < -0.39 is 5.60 Å². The molecule has 1 heterocycles. The lowest BCUT2D eigenvalue weighted by molar-refractivity contribution is -0.109. The van der Waals surface area contributed by atoms with E-state index in [9.17, 15) is 9.90 Å². The quantitative estimate of drug-likeness (QED) is 0.816. The van der Waals surface area contributed by atoms with Gasteiger partial charge in [0.25, 0.3) is 0 Å². The van der Waals surface area contributed by atoms with E-state index >= 15 is 0 Å². The van der Waals surface area contributed by atoms with Crippen molar-refractivity contribution in [1.82, 2.24) is 5.32 Å². The second-order valence-electron chi connectivity index (χ2n) is 4.94. The Hall–Kier alpha value is -1.28. The van der Waals surface area contributed by atoms with E-state index in [1.807, 2.05) is 24.3 Å². The van der Waals surface area contributed by atoms with Gasteiger partial charge in [-0.1, -0.05) is 35.7 Å². The highest BCUT2D eigenvalue weighted by molar-refractivity contribution is 8.13. The van der Waals surface area contributed by atoms with Gasteiger partial charge in [0.2, 0.25) is 0 Å². The number of carbonyl (C=O) groups excluding carboxylic acids is 1. The van der Waals surface area contributed by atoms with Crippen LogP contribution in [0.5, 0.6) is 0 Å². The van der Waals surface area contributed by atoms with Gasteiger partial charge in [0.15, 0.2) is 5.12 Å². The van der Waals surface area contributed by atoms with Crippen molar-refractivity contribution in [2.24, 2.45) is 0 Å². The van der Waals surface area contributed by atoms with Crippen LogP contribution in [0.1, 0.15) is 30.9 Å². The van der Waals surface area contributed by atoms with E-state index in [1.165, 1.54) is 11.8 Å². The summed E-state index contributed by atoms with van der Waals surface area (Å²) in [6, 6.07) is 7.77. The van der Waals surface area contributed by atoms with Crippen LogP contribution in [0.25, 0.3) is 0 Å². The van der Waals surface area contributed by atoms with Gasteiger partial charge in [-0.3, -0.25) is 4.79 Å². The lowest BCUT2D eigenvalue weighted by atomic mass is 9.85. The zero-order valence-electron chi connectivity index (χ0n) is 11.6. The van der Waals surface area contributed by atoms with Crippen LogP contribution >= 0.6 is 11.8 Å². The summed E-state index contributed by atoms with van der Waals surface area (Å²) in [4.78, 5) is 10.8. The first-order valence-electron chi connectivity index (χ1n) is 6.76.